The number of amides is 1. The third kappa shape index (κ3) is 2.98. The molecular weight excluding hydrogens is 298 g/mol. The average Bonchev–Trinajstić information content (AvgIpc) is 2.94. The largest absolute Gasteiger partial charge is 0.351 e. The zero-order chi connectivity index (χ0) is 13.0. The lowest BCUT2D eigenvalue weighted by Crippen LogP contribution is -2.26. The third-order valence-corrected chi connectivity index (χ3v) is 3.18. The number of aryl methyl sites for hydroxylation is 2. The lowest BCUT2D eigenvalue weighted by atomic mass is 10.3. The average molecular weight is 312 g/mol. The Hall–Kier alpha value is -1.63. The summed E-state index contributed by atoms with van der Waals surface area (Å²) in [5.41, 5.74) is 1.57. The highest BCUT2D eigenvalue weighted by atomic mass is 79.9. The topological polar surface area (TPSA) is 75.6 Å². The number of rotatable bonds is 5. The summed E-state index contributed by atoms with van der Waals surface area (Å²) in [7, 11) is 0. The summed E-state index contributed by atoms with van der Waals surface area (Å²) in [6.07, 6.45) is 4.16. The minimum atomic E-state index is -0.156. The van der Waals surface area contributed by atoms with Gasteiger partial charge in [-0.05, 0) is 35.3 Å². The van der Waals surface area contributed by atoms with Gasteiger partial charge in [0.15, 0.2) is 0 Å². The summed E-state index contributed by atoms with van der Waals surface area (Å²) in [6.45, 7) is 3.40. The Morgan fingerprint density at radius 2 is 2.44 bits per heavy atom. The molecule has 0 aromatic carbocycles. The molecule has 0 unspecified atom stereocenters. The molecule has 0 aliphatic carbocycles. The normalized spacial score (nSPS) is 10.6. The Bertz CT molecular complexity index is 533. The lowest BCUT2D eigenvalue weighted by molar-refractivity contribution is 0.0947. The Morgan fingerprint density at radius 3 is 3.06 bits per heavy atom. The molecule has 0 spiro atoms. The van der Waals surface area contributed by atoms with Gasteiger partial charge in [-0.3, -0.25) is 14.6 Å². The zero-order valence-corrected chi connectivity index (χ0v) is 11.6. The molecule has 0 aliphatic rings. The predicted molar refractivity (Wildman–Crippen MR) is 70.2 cm³/mol. The summed E-state index contributed by atoms with van der Waals surface area (Å²) in [4.78, 5) is 11.7. The molecule has 0 aliphatic heterocycles. The minimum absolute atomic E-state index is 0.156. The highest BCUT2D eigenvalue weighted by Gasteiger charge is 2.10. The van der Waals surface area contributed by atoms with Crippen molar-refractivity contribution < 1.29 is 4.79 Å². The number of carbonyl (C=O) groups excluding carboxylic acids is 1. The van der Waals surface area contributed by atoms with Crippen LogP contribution in [0.25, 0.3) is 0 Å². The van der Waals surface area contributed by atoms with Gasteiger partial charge in [-0.2, -0.15) is 10.2 Å². The Morgan fingerprint density at radius 1 is 1.61 bits per heavy atom. The number of H-pyrrole nitrogens is 1. The van der Waals surface area contributed by atoms with Gasteiger partial charge in [0.05, 0.1) is 10.7 Å². The van der Waals surface area contributed by atoms with Gasteiger partial charge in [0.25, 0.3) is 5.91 Å². The Balaban J connectivity index is 1.75. The molecule has 0 saturated heterocycles. The van der Waals surface area contributed by atoms with Crippen LogP contribution in [0.4, 0.5) is 0 Å². The number of aromatic nitrogens is 4. The number of hydrogen-bond donors (Lipinski definition) is 2. The van der Waals surface area contributed by atoms with E-state index in [4.69, 9.17) is 0 Å². The fourth-order valence-corrected chi connectivity index (χ4v) is 1.95. The van der Waals surface area contributed by atoms with Crippen molar-refractivity contribution >= 4 is 21.8 Å². The van der Waals surface area contributed by atoms with Gasteiger partial charge < -0.3 is 5.32 Å². The Kier molecular flexibility index (Phi) is 4.14. The molecule has 2 N–H and O–H groups in total. The first-order valence-corrected chi connectivity index (χ1v) is 6.43. The number of aromatic amines is 1. The predicted octanol–water partition coefficient (Wildman–Crippen LogP) is 1.50. The third-order valence-electron chi connectivity index (χ3n) is 2.58. The SMILES string of the molecule is Cc1ccnn1CCCNC(=O)c1[nH]ncc1Br. The highest BCUT2D eigenvalue weighted by Crippen LogP contribution is 2.11. The molecule has 0 bridgehead atoms. The molecule has 0 radical (unpaired) electrons. The number of halogens is 1. The van der Waals surface area contributed by atoms with Crippen LogP contribution >= 0.6 is 15.9 Å². The van der Waals surface area contributed by atoms with Crippen molar-refractivity contribution in [2.24, 2.45) is 0 Å². The molecular formula is C11H14BrN5O. The van der Waals surface area contributed by atoms with Gasteiger partial charge in [0, 0.05) is 25.0 Å². The van der Waals surface area contributed by atoms with Crippen LogP contribution in [0.2, 0.25) is 0 Å². The second kappa shape index (κ2) is 5.81. The molecule has 2 aromatic heterocycles. The number of carbonyl (C=O) groups is 1. The van der Waals surface area contributed by atoms with E-state index in [1.54, 1.807) is 12.4 Å². The van der Waals surface area contributed by atoms with E-state index < -0.39 is 0 Å². The van der Waals surface area contributed by atoms with Crippen LogP contribution in [0.1, 0.15) is 22.6 Å². The molecule has 96 valence electrons. The first-order chi connectivity index (χ1) is 8.68. The van der Waals surface area contributed by atoms with Crippen molar-refractivity contribution in [3.05, 3.63) is 34.3 Å². The maximum atomic E-state index is 11.7. The standard InChI is InChI=1S/C11H14BrN5O/c1-8-3-5-15-17(8)6-2-4-13-11(18)10-9(12)7-14-16-10/h3,5,7H,2,4,6H2,1H3,(H,13,18)(H,14,16). The molecule has 0 atom stereocenters. The fraction of sp³-hybridized carbons (Fsp3) is 0.364. The maximum Gasteiger partial charge on any atom is 0.270 e. The van der Waals surface area contributed by atoms with E-state index in [0.29, 0.717) is 16.7 Å². The summed E-state index contributed by atoms with van der Waals surface area (Å²) in [6, 6.07) is 1.96. The molecule has 0 saturated carbocycles. The maximum absolute atomic E-state index is 11.7. The molecule has 1 amide bonds. The van der Waals surface area contributed by atoms with E-state index in [0.717, 1.165) is 18.7 Å². The molecule has 7 heteroatoms. The van der Waals surface area contributed by atoms with Crippen molar-refractivity contribution in [3.8, 4) is 0 Å². The van der Waals surface area contributed by atoms with E-state index in [9.17, 15) is 4.79 Å². The highest BCUT2D eigenvalue weighted by molar-refractivity contribution is 9.10. The van der Waals surface area contributed by atoms with Crippen LogP contribution in [-0.4, -0.2) is 32.4 Å². The van der Waals surface area contributed by atoms with E-state index in [1.807, 2.05) is 17.7 Å². The van der Waals surface area contributed by atoms with Crippen LogP contribution in [0.5, 0.6) is 0 Å². The Labute approximate surface area is 113 Å². The van der Waals surface area contributed by atoms with Crippen LogP contribution < -0.4 is 5.32 Å². The molecule has 2 rings (SSSR count). The van der Waals surface area contributed by atoms with Gasteiger partial charge in [-0.25, -0.2) is 0 Å². The molecule has 6 nitrogen and oxygen atoms in total. The second-order valence-electron chi connectivity index (χ2n) is 3.90. The van der Waals surface area contributed by atoms with E-state index >= 15 is 0 Å². The first kappa shape index (κ1) is 12.8. The van der Waals surface area contributed by atoms with E-state index in [1.165, 1.54) is 0 Å². The van der Waals surface area contributed by atoms with Crippen molar-refractivity contribution in [2.45, 2.75) is 19.9 Å². The molecule has 2 aromatic rings. The fourth-order valence-electron chi connectivity index (χ4n) is 1.58. The van der Waals surface area contributed by atoms with Crippen molar-refractivity contribution in [2.75, 3.05) is 6.54 Å². The van der Waals surface area contributed by atoms with Gasteiger partial charge in [0.2, 0.25) is 0 Å². The smallest absolute Gasteiger partial charge is 0.270 e. The first-order valence-electron chi connectivity index (χ1n) is 5.64. The zero-order valence-electron chi connectivity index (χ0n) is 9.98. The van der Waals surface area contributed by atoms with Crippen molar-refractivity contribution in [1.82, 2.24) is 25.3 Å². The summed E-state index contributed by atoms with van der Waals surface area (Å²) in [5, 5.41) is 13.4. The quantitative estimate of drug-likeness (QED) is 0.822. The van der Waals surface area contributed by atoms with Gasteiger partial charge in [-0.1, -0.05) is 0 Å². The number of nitrogens with zero attached hydrogens (tertiary/aromatic N) is 3. The summed E-state index contributed by atoms with van der Waals surface area (Å²) in [5.74, 6) is -0.156. The number of hydrogen-bond acceptors (Lipinski definition) is 3. The minimum Gasteiger partial charge on any atom is -0.351 e. The summed E-state index contributed by atoms with van der Waals surface area (Å²) < 4.78 is 2.58. The van der Waals surface area contributed by atoms with E-state index in [2.05, 4.69) is 36.5 Å². The van der Waals surface area contributed by atoms with Crippen molar-refractivity contribution in [3.63, 3.8) is 0 Å². The van der Waals surface area contributed by atoms with Gasteiger partial charge >= 0.3 is 0 Å². The molecule has 2 heterocycles. The molecule has 18 heavy (non-hydrogen) atoms. The monoisotopic (exact) mass is 311 g/mol. The van der Waals surface area contributed by atoms with Gasteiger partial charge in [-0.15, -0.1) is 0 Å². The summed E-state index contributed by atoms with van der Waals surface area (Å²) >= 11 is 3.25. The van der Waals surface area contributed by atoms with Crippen LogP contribution in [0, 0.1) is 6.92 Å². The van der Waals surface area contributed by atoms with Crippen molar-refractivity contribution in [1.29, 1.82) is 0 Å². The lowest BCUT2D eigenvalue weighted by Gasteiger charge is -2.05. The van der Waals surface area contributed by atoms with Crippen LogP contribution in [0.3, 0.4) is 0 Å². The molecule has 0 fully saturated rings. The second-order valence-corrected chi connectivity index (χ2v) is 4.75. The number of nitrogens with one attached hydrogen (secondary N) is 2. The van der Waals surface area contributed by atoms with E-state index in [-0.39, 0.29) is 5.91 Å². The van der Waals surface area contributed by atoms with Gasteiger partial charge in [0.1, 0.15) is 5.69 Å². The van der Waals surface area contributed by atoms with Crippen LogP contribution in [0.15, 0.2) is 22.9 Å². The van der Waals surface area contributed by atoms with Crippen LogP contribution in [-0.2, 0) is 6.54 Å².